The predicted octanol–water partition coefficient (Wildman–Crippen LogP) is 1.99. The van der Waals surface area contributed by atoms with Crippen LogP contribution in [0.25, 0.3) is 0 Å². The van der Waals surface area contributed by atoms with E-state index in [0.29, 0.717) is 5.56 Å². The van der Waals surface area contributed by atoms with Crippen LogP contribution >= 0.6 is 0 Å². The SMILES string of the molecule is CCC(C)(C)N(C)c1ccc(C(=N)N)cn1. The van der Waals surface area contributed by atoms with E-state index in [4.69, 9.17) is 11.1 Å². The first-order valence-electron chi connectivity index (χ1n) is 5.42. The Balaban J connectivity index is 2.94. The zero-order valence-electron chi connectivity index (χ0n) is 10.4. The molecule has 0 spiro atoms. The number of aromatic nitrogens is 1. The molecule has 3 N–H and O–H groups in total. The van der Waals surface area contributed by atoms with E-state index in [1.165, 1.54) is 0 Å². The van der Waals surface area contributed by atoms with Gasteiger partial charge in [-0.2, -0.15) is 0 Å². The minimum Gasteiger partial charge on any atom is -0.384 e. The van der Waals surface area contributed by atoms with E-state index in [1.54, 1.807) is 6.20 Å². The van der Waals surface area contributed by atoms with Gasteiger partial charge in [-0.1, -0.05) is 6.92 Å². The lowest BCUT2D eigenvalue weighted by molar-refractivity contribution is 0.467. The minimum absolute atomic E-state index is 0.0523. The molecular formula is C12H20N4. The van der Waals surface area contributed by atoms with Gasteiger partial charge in [-0.05, 0) is 32.4 Å². The molecular weight excluding hydrogens is 200 g/mol. The standard InChI is InChI=1S/C12H20N4/c1-5-12(2,3)16(4)10-7-6-9(8-15-10)11(13)14/h6-8H,5H2,1-4H3,(H3,13,14). The van der Waals surface area contributed by atoms with E-state index in [0.717, 1.165) is 12.2 Å². The van der Waals surface area contributed by atoms with Crippen LogP contribution in [0, 0.1) is 5.41 Å². The number of anilines is 1. The fourth-order valence-electron chi connectivity index (χ4n) is 1.29. The molecule has 0 radical (unpaired) electrons. The van der Waals surface area contributed by atoms with Crippen molar-refractivity contribution in [3.05, 3.63) is 23.9 Å². The fraction of sp³-hybridized carbons (Fsp3) is 0.500. The van der Waals surface area contributed by atoms with Gasteiger partial charge in [-0.3, -0.25) is 5.41 Å². The van der Waals surface area contributed by atoms with Crippen molar-refractivity contribution in [3.63, 3.8) is 0 Å². The highest BCUT2D eigenvalue weighted by molar-refractivity contribution is 5.94. The Morgan fingerprint density at radius 1 is 1.50 bits per heavy atom. The van der Waals surface area contributed by atoms with Crippen LogP contribution in [0.15, 0.2) is 18.3 Å². The molecule has 0 aliphatic rings. The van der Waals surface area contributed by atoms with Gasteiger partial charge >= 0.3 is 0 Å². The zero-order chi connectivity index (χ0) is 12.3. The molecule has 0 aliphatic carbocycles. The number of hydrogen-bond acceptors (Lipinski definition) is 3. The summed E-state index contributed by atoms with van der Waals surface area (Å²) < 4.78 is 0. The third-order valence-electron chi connectivity index (χ3n) is 3.18. The summed E-state index contributed by atoms with van der Waals surface area (Å²) in [7, 11) is 2.03. The van der Waals surface area contributed by atoms with E-state index >= 15 is 0 Å². The number of nitrogens with one attached hydrogen (secondary N) is 1. The lowest BCUT2D eigenvalue weighted by Gasteiger charge is -2.35. The van der Waals surface area contributed by atoms with Gasteiger partial charge in [-0.15, -0.1) is 0 Å². The van der Waals surface area contributed by atoms with Gasteiger partial charge < -0.3 is 10.6 Å². The second kappa shape index (κ2) is 4.51. The molecule has 0 aromatic carbocycles. The maximum atomic E-state index is 7.30. The molecule has 0 unspecified atom stereocenters. The summed E-state index contributed by atoms with van der Waals surface area (Å²) in [4.78, 5) is 6.46. The van der Waals surface area contributed by atoms with Crippen LogP contribution in [0.5, 0.6) is 0 Å². The second-order valence-corrected chi connectivity index (χ2v) is 4.54. The zero-order valence-corrected chi connectivity index (χ0v) is 10.4. The van der Waals surface area contributed by atoms with Gasteiger partial charge in [0.15, 0.2) is 0 Å². The number of nitrogens with zero attached hydrogens (tertiary/aromatic N) is 2. The maximum absolute atomic E-state index is 7.30. The molecule has 0 saturated heterocycles. The Morgan fingerprint density at radius 3 is 2.50 bits per heavy atom. The Kier molecular flexibility index (Phi) is 3.52. The molecule has 16 heavy (non-hydrogen) atoms. The first kappa shape index (κ1) is 12.5. The first-order chi connectivity index (χ1) is 7.38. The molecule has 0 amide bonds. The third kappa shape index (κ3) is 2.51. The number of nitrogen functional groups attached to an aromatic ring is 1. The summed E-state index contributed by atoms with van der Waals surface area (Å²) in [6.07, 6.45) is 2.68. The van der Waals surface area contributed by atoms with Crippen molar-refractivity contribution in [3.8, 4) is 0 Å². The Labute approximate surface area is 97.0 Å². The second-order valence-electron chi connectivity index (χ2n) is 4.54. The summed E-state index contributed by atoms with van der Waals surface area (Å²) >= 11 is 0. The minimum atomic E-state index is 0.0523. The number of nitrogens with two attached hydrogens (primary N) is 1. The molecule has 1 rings (SSSR count). The molecule has 0 bridgehead atoms. The summed E-state index contributed by atoms with van der Waals surface area (Å²) in [5.41, 5.74) is 6.11. The molecule has 4 heteroatoms. The van der Waals surface area contributed by atoms with Crippen LogP contribution in [0.3, 0.4) is 0 Å². The van der Waals surface area contributed by atoms with Crippen LogP contribution in [0.2, 0.25) is 0 Å². The van der Waals surface area contributed by atoms with Crippen molar-refractivity contribution in [2.24, 2.45) is 5.73 Å². The predicted molar refractivity (Wildman–Crippen MR) is 68.0 cm³/mol. The quantitative estimate of drug-likeness (QED) is 0.602. The molecule has 0 saturated carbocycles. The fourth-order valence-corrected chi connectivity index (χ4v) is 1.29. The molecule has 0 fully saturated rings. The van der Waals surface area contributed by atoms with E-state index in [9.17, 15) is 0 Å². The van der Waals surface area contributed by atoms with Gasteiger partial charge in [0.2, 0.25) is 0 Å². The molecule has 0 atom stereocenters. The van der Waals surface area contributed by atoms with Gasteiger partial charge in [-0.25, -0.2) is 4.98 Å². The topological polar surface area (TPSA) is 66.0 Å². The average molecular weight is 220 g/mol. The summed E-state index contributed by atoms with van der Waals surface area (Å²) in [6, 6.07) is 3.72. The van der Waals surface area contributed by atoms with Crippen LogP contribution in [0.4, 0.5) is 5.82 Å². The van der Waals surface area contributed by atoms with Crippen molar-refractivity contribution in [1.82, 2.24) is 4.98 Å². The molecule has 88 valence electrons. The summed E-state index contributed by atoms with van der Waals surface area (Å²) in [5, 5.41) is 7.30. The molecule has 1 aromatic rings. The average Bonchev–Trinajstić information content (AvgIpc) is 2.28. The van der Waals surface area contributed by atoms with Crippen LogP contribution < -0.4 is 10.6 Å². The van der Waals surface area contributed by atoms with E-state index in [-0.39, 0.29) is 11.4 Å². The Morgan fingerprint density at radius 2 is 2.12 bits per heavy atom. The van der Waals surface area contributed by atoms with Gasteiger partial charge in [0.1, 0.15) is 11.7 Å². The number of hydrogen-bond donors (Lipinski definition) is 2. The van der Waals surface area contributed by atoms with Gasteiger partial charge in [0, 0.05) is 24.3 Å². The molecule has 0 aliphatic heterocycles. The van der Waals surface area contributed by atoms with E-state index < -0.39 is 0 Å². The Hall–Kier alpha value is -1.58. The number of amidine groups is 1. The lowest BCUT2D eigenvalue weighted by atomic mass is 10.00. The molecule has 1 heterocycles. The van der Waals surface area contributed by atoms with Crippen molar-refractivity contribution < 1.29 is 0 Å². The van der Waals surface area contributed by atoms with E-state index in [1.807, 2.05) is 19.2 Å². The van der Waals surface area contributed by atoms with Gasteiger partial charge in [0.05, 0.1) is 0 Å². The van der Waals surface area contributed by atoms with E-state index in [2.05, 4.69) is 30.7 Å². The third-order valence-corrected chi connectivity index (χ3v) is 3.18. The van der Waals surface area contributed by atoms with Gasteiger partial charge in [0.25, 0.3) is 0 Å². The van der Waals surface area contributed by atoms with Crippen LogP contribution in [0.1, 0.15) is 32.8 Å². The maximum Gasteiger partial charge on any atom is 0.128 e. The van der Waals surface area contributed by atoms with Crippen molar-refractivity contribution >= 4 is 11.7 Å². The normalized spacial score (nSPS) is 11.2. The number of pyridine rings is 1. The monoisotopic (exact) mass is 220 g/mol. The largest absolute Gasteiger partial charge is 0.384 e. The first-order valence-corrected chi connectivity index (χ1v) is 5.42. The van der Waals surface area contributed by atoms with Crippen LogP contribution in [-0.2, 0) is 0 Å². The highest BCUT2D eigenvalue weighted by Crippen LogP contribution is 2.22. The highest BCUT2D eigenvalue weighted by atomic mass is 15.2. The molecule has 1 aromatic heterocycles. The molecule has 4 nitrogen and oxygen atoms in total. The smallest absolute Gasteiger partial charge is 0.128 e. The van der Waals surface area contributed by atoms with Crippen LogP contribution in [-0.4, -0.2) is 23.4 Å². The Bertz CT molecular complexity index is 367. The summed E-state index contributed by atoms with van der Waals surface area (Å²) in [6.45, 7) is 6.50. The van der Waals surface area contributed by atoms with Crippen molar-refractivity contribution in [2.75, 3.05) is 11.9 Å². The number of rotatable bonds is 4. The van der Waals surface area contributed by atoms with Crippen molar-refractivity contribution in [1.29, 1.82) is 5.41 Å². The lowest BCUT2D eigenvalue weighted by Crippen LogP contribution is -2.41. The van der Waals surface area contributed by atoms with Crippen molar-refractivity contribution in [2.45, 2.75) is 32.7 Å². The summed E-state index contributed by atoms with van der Waals surface area (Å²) in [5.74, 6) is 0.952. The highest BCUT2D eigenvalue weighted by Gasteiger charge is 2.22.